The van der Waals surface area contributed by atoms with Crippen molar-refractivity contribution in [3.05, 3.63) is 96.4 Å². The van der Waals surface area contributed by atoms with Gasteiger partial charge in [-0.3, -0.25) is 9.78 Å². The fraction of sp³-hybridized carbons (Fsp3) is 0.0870. The predicted octanol–water partition coefficient (Wildman–Crippen LogP) is 4.33. The van der Waals surface area contributed by atoms with Gasteiger partial charge in [0.05, 0.1) is 17.9 Å². The van der Waals surface area contributed by atoms with Gasteiger partial charge in [-0.2, -0.15) is 5.10 Å². The van der Waals surface area contributed by atoms with Crippen LogP contribution in [0.1, 0.15) is 15.9 Å². The molecule has 2 aromatic carbocycles. The van der Waals surface area contributed by atoms with E-state index in [9.17, 15) is 4.79 Å². The van der Waals surface area contributed by atoms with Gasteiger partial charge in [0.2, 0.25) is 0 Å². The van der Waals surface area contributed by atoms with Crippen molar-refractivity contribution in [3.63, 3.8) is 0 Å². The molecule has 0 bridgehead atoms. The molecule has 0 spiro atoms. The van der Waals surface area contributed by atoms with Crippen molar-refractivity contribution in [1.82, 2.24) is 14.8 Å². The summed E-state index contributed by atoms with van der Waals surface area (Å²) in [4.78, 5) is 17.3. The van der Waals surface area contributed by atoms with E-state index >= 15 is 0 Å². The molecule has 144 valence electrons. The average molecular weight is 384 g/mol. The minimum atomic E-state index is -0.236. The topological polar surface area (TPSA) is 69.0 Å². The summed E-state index contributed by atoms with van der Waals surface area (Å²) in [6, 6.07) is 21.0. The number of carbonyl (C=O) groups excluding carboxylic acids is 1. The van der Waals surface area contributed by atoms with E-state index in [1.807, 2.05) is 66.7 Å². The third-order valence-electron chi connectivity index (χ3n) is 4.41. The summed E-state index contributed by atoms with van der Waals surface area (Å²) < 4.78 is 6.88. The fourth-order valence-electron chi connectivity index (χ4n) is 3.07. The van der Waals surface area contributed by atoms with Gasteiger partial charge in [-0.05, 0) is 42.0 Å². The van der Waals surface area contributed by atoms with Crippen LogP contribution in [0.2, 0.25) is 0 Å². The summed E-state index contributed by atoms with van der Waals surface area (Å²) in [5, 5.41) is 7.62. The molecule has 0 radical (unpaired) electrons. The van der Waals surface area contributed by atoms with Gasteiger partial charge in [-0.25, -0.2) is 4.68 Å². The lowest BCUT2D eigenvalue weighted by atomic mass is 10.1. The molecule has 0 aliphatic heterocycles. The molecule has 0 atom stereocenters. The van der Waals surface area contributed by atoms with E-state index in [1.165, 1.54) is 0 Å². The first-order valence-electron chi connectivity index (χ1n) is 9.19. The molecular weight excluding hydrogens is 364 g/mol. The number of nitrogens with zero attached hydrogens (tertiary/aromatic N) is 3. The van der Waals surface area contributed by atoms with Crippen molar-refractivity contribution in [1.29, 1.82) is 0 Å². The van der Waals surface area contributed by atoms with Crippen LogP contribution < -0.4 is 5.32 Å². The number of anilines is 1. The zero-order valence-electron chi connectivity index (χ0n) is 15.9. The van der Waals surface area contributed by atoms with Crippen LogP contribution in [-0.4, -0.2) is 27.8 Å². The van der Waals surface area contributed by atoms with Gasteiger partial charge in [0, 0.05) is 37.0 Å². The largest absolute Gasteiger partial charge is 0.380 e. The summed E-state index contributed by atoms with van der Waals surface area (Å²) in [5.74, 6) is -0.236. The number of amides is 1. The number of carbonyl (C=O) groups is 1. The van der Waals surface area contributed by atoms with Gasteiger partial charge in [0.1, 0.15) is 5.69 Å². The van der Waals surface area contributed by atoms with E-state index in [1.54, 1.807) is 30.4 Å². The van der Waals surface area contributed by atoms with Crippen LogP contribution in [0.5, 0.6) is 0 Å². The summed E-state index contributed by atoms with van der Waals surface area (Å²) in [6.07, 6.45) is 5.14. The fourth-order valence-corrected chi connectivity index (χ4v) is 3.07. The summed E-state index contributed by atoms with van der Waals surface area (Å²) >= 11 is 0. The number of nitrogens with one attached hydrogen (secondary N) is 1. The predicted molar refractivity (Wildman–Crippen MR) is 112 cm³/mol. The molecule has 0 saturated heterocycles. The minimum absolute atomic E-state index is 0.236. The van der Waals surface area contributed by atoms with E-state index in [0.29, 0.717) is 23.6 Å². The second-order valence-corrected chi connectivity index (χ2v) is 6.50. The van der Waals surface area contributed by atoms with E-state index in [-0.39, 0.29) is 5.91 Å². The molecule has 1 N–H and O–H groups in total. The van der Waals surface area contributed by atoms with Gasteiger partial charge in [0.15, 0.2) is 0 Å². The van der Waals surface area contributed by atoms with Gasteiger partial charge in [0.25, 0.3) is 5.91 Å². The quantitative estimate of drug-likeness (QED) is 0.537. The Morgan fingerprint density at radius 2 is 1.93 bits per heavy atom. The number of rotatable bonds is 6. The number of para-hydroxylation sites is 1. The first kappa shape index (κ1) is 18.6. The smallest absolute Gasteiger partial charge is 0.259 e. The van der Waals surface area contributed by atoms with Crippen LogP contribution in [0.25, 0.3) is 16.9 Å². The lowest BCUT2D eigenvalue weighted by Crippen LogP contribution is -2.12. The number of hydrogen-bond acceptors (Lipinski definition) is 4. The highest BCUT2D eigenvalue weighted by molar-refractivity contribution is 6.08. The van der Waals surface area contributed by atoms with Gasteiger partial charge in [-0.1, -0.05) is 30.3 Å². The Morgan fingerprint density at radius 1 is 1.07 bits per heavy atom. The molecule has 4 rings (SSSR count). The maximum atomic E-state index is 13.1. The molecule has 6 nitrogen and oxygen atoms in total. The summed E-state index contributed by atoms with van der Waals surface area (Å²) in [6.45, 7) is 0.483. The summed E-state index contributed by atoms with van der Waals surface area (Å²) in [7, 11) is 1.64. The van der Waals surface area contributed by atoms with Crippen molar-refractivity contribution < 1.29 is 9.53 Å². The monoisotopic (exact) mass is 384 g/mol. The minimum Gasteiger partial charge on any atom is -0.380 e. The van der Waals surface area contributed by atoms with E-state index < -0.39 is 0 Å². The lowest BCUT2D eigenvalue weighted by molar-refractivity contribution is 0.102. The van der Waals surface area contributed by atoms with Crippen LogP contribution in [0.15, 0.2) is 85.3 Å². The second-order valence-electron chi connectivity index (χ2n) is 6.50. The Labute approximate surface area is 168 Å². The van der Waals surface area contributed by atoms with Crippen LogP contribution in [-0.2, 0) is 11.3 Å². The zero-order valence-corrected chi connectivity index (χ0v) is 15.9. The van der Waals surface area contributed by atoms with Crippen LogP contribution >= 0.6 is 0 Å². The lowest BCUT2D eigenvalue weighted by Gasteiger charge is -2.07. The van der Waals surface area contributed by atoms with Crippen LogP contribution in [0.4, 0.5) is 5.69 Å². The number of aromatic nitrogens is 3. The molecule has 1 amide bonds. The van der Waals surface area contributed by atoms with E-state index in [4.69, 9.17) is 4.74 Å². The van der Waals surface area contributed by atoms with Crippen molar-refractivity contribution in [2.24, 2.45) is 0 Å². The van der Waals surface area contributed by atoms with Gasteiger partial charge in [-0.15, -0.1) is 0 Å². The first-order valence-corrected chi connectivity index (χ1v) is 9.19. The maximum absolute atomic E-state index is 13.1. The molecular formula is C23H20N4O2. The number of benzene rings is 2. The van der Waals surface area contributed by atoms with Crippen LogP contribution in [0, 0.1) is 0 Å². The van der Waals surface area contributed by atoms with Crippen molar-refractivity contribution >= 4 is 11.6 Å². The number of ether oxygens (including phenoxy) is 1. The molecule has 0 aliphatic carbocycles. The third kappa shape index (κ3) is 4.23. The van der Waals surface area contributed by atoms with E-state index in [2.05, 4.69) is 15.4 Å². The second kappa shape index (κ2) is 8.50. The standard InChI is InChI=1S/C23H20N4O2/c1-29-16-17-7-5-9-19(13-17)25-23(28)21-15-27(20-10-3-2-4-11-20)26-22(21)18-8-6-12-24-14-18/h2-15H,16H2,1H3,(H,25,28). The highest BCUT2D eigenvalue weighted by Gasteiger charge is 2.19. The number of methoxy groups -OCH3 is 1. The number of pyridine rings is 1. The molecule has 2 heterocycles. The highest BCUT2D eigenvalue weighted by atomic mass is 16.5. The van der Waals surface area contributed by atoms with Crippen molar-refractivity contribution in [2.45, 2.75) is 6.61 Å². The molecule has 2 aromatic heterocycles. The van der Waals surface area contributed by atoms with E-state index in [0.717, 1.165) is 16.8 Å². The Balaban J connectivity index is 1.71. The first-order chi connectivity index (χ1) is 14.2. The van der Waals surface area contributed by atoms with Crippen LogP contribution in [0.3, 0.4) is 0 Å². The SMILES string of the molecule is COCc1cccc(NC(=O)c2cn(-c3ccccc3)nc2-c2cccnc2)c1. The highest BCUT2D eigenvalue weighted by Crippen LogP contribution is 2.24. The maximum Gasteiger partial charge on any atom is 0.259 e. The molecule has 0 fully saturated rings. The van der Waals surface area contributed by atoms with Crippen molar-refractivity contribution in [2.75, 3.05) is 12.4 Å². The molecule has 29 heavy (non-hydrogen) atoms. The van der Waals surface area contributed by atoms with Gasteiger partial charge >= 0.3 is 0 Å². The van der Waals surface area contributed by atoms with Crippen molar-refractivity contribution in [3.8, 4) is 16.9 Å². The summed E-state index contributed by atoms with van der Waals surface area (Å²) in [5.41, 5.74) is 4.39. The van der Waals surface area contributed by atoms with Gasteiger partial charge < -0.3 is 10.1 Å². The Morgan fingerprint density at radius 3 is 2.69 bits per heavy atom. The molecule has 6 heteroatoms. The zero-order chi connectivity index (χ0) is 20.1. The molecule has 0 aliphatic rings. The number of hydrogen-bond donors (Lipinski definition) is 1. The molecule has 4 aromatic rings. The molecule has 0 saturated carbocycles. The average Bonchev–Trinajstić information content (AvgIpc) is 3.21. The Hall–Kier alpha value is -3.77. The Kier molecular flexibility index (Phi) is 5.45. The Bertz CT molecular complexity index is 1110. The third-order valence-corrected chi connectivity index (χ3v) is 4.41. The molecule has 0 unspecified atom stereocenters. The normalized spacial score (nSPS) is 10.7.